The van der Waals surface area contributed by atoms with Gasteiger partial charge in [-0.2, -0.15) is 5.26 Å². The van der Waals surface area contributed by atoms with Gasteiger partial charge in [0.25, 0.3) is 0 Å². The molecule has 1 aromatic carbocycles. The van der Waals surface area contributed by atoms with Crippen molar-refractivity contribution in [2.24, 2.45) is 0 Å². The molecule has 18 heavy (non-hydrogen) atoms. The number of halogens is 2. The highest BCUT2D eigenvalue weighted by Gasteiger charge is 2.24. The van der Waals surface area contributed by atoms with Gasteiger partial charge in [-0.1, -0.05) is 6.08 Å². The Morgan fingerprint density at radius 1 is 1.50 bits per heavy atom. The third-order valence-electron chi connectivity index (χ3n) is 2.59. The van der Waals surface area contributed by atoms with E-state index in [4.69, 9.17) is 5.26 Å². The highest BCUT2D eigenvalue weighted by atomic mass is 79.9. The summed E-state index contributed by atoms with van der Waals surface area (Å²) in [5, 5.41) is 8.86. The van der Waals surface area contributed by atoms with E-state index in [9.17, 15) is 4.39 Å². The number of benzene rings is 1. The Balaban J connectivity index is 3.35. The fourth-order valence-corrected chi connectivity index (χ4v) is 2.12. The molecule has 0 heterocycles. The molecule has 2 nitrogen and oxygen atoms in total. The van der Waals surface area contributed by atoms with Crippen LogP contribution < -0.4 is 4.90 Å². The van der Waals surface area contributed by atoms with E-state index in [-0.39, 0.29) is 10.0 Å². The molecule has 0 spiro atoms. The number of hydrogen-bond donors (Lipinski definition) is 0. The molecule has 4 heteroatoms. The van der Waals surface area contributed by atoms with E-state index in [2.05, 4.69) is 22.5 Å². The third kappa shape index (κ3) is 2.91. The van der Waals surface area contributed by atoms with Gasteiger partial charge in [-0.25, -0.2) is 4.39 Å². The molecule has 0 bridgehead atoms. The SMILES string of the molecule is C=CCN(c1ccc(C#N)c(Br)c1F)C(C)(C)C. The largest absolute Gasteiger partial charge is 0.361 e. The molecule has 0 aliphatic carbocycles. The number of nitriles is 1. The average Bonchev–Trinajstić information content (AvgIpc) is 2.29. The van der Waals surface area contributed by atoms with Crippen LogP contribution >= 0.6 is 15.9 Å². The van der Waals surface area contributed by atoms with Gasteiger partial charge in [0, 0.05) is 12.1 Å². The zero-order chi connectivity index (χ0) is 13.9. The van der Waals surface area contributed by atoms with Crippen molar-refractivity contribution in [1.29, 1.82) is 5.26 Å². The van der Waals surface area contributed by atoms with Crippen LogP contribution in [0.1, 0.15) is 26.3 Å². The van der Waals surface area contributed by atoms with Crippen molar-refractivity contribution in [3.05, 3.63) is 40.6 Å². The molecule has 0 amide bonds. The highest BCUT2D eigenvalue weighted by Crippen LogP contribution is 2.32. The second kappa shape index (κ2) is 5.53. The van der Waals surface area contributed by atoms with Gasteiger partial charge in [-0.3, -0.25) is 0 Å². The molecule has 0 radical (unpaired) electrons. The minimum Gasteiger partial charge on any atom is -0.361 e. The van der Waals surface area contributed by atoms with E-state index in [1.807, 2.05) is 31.7 Å². The van der Waals surface area contributed by atoms with E-state index in [1.165, 1.54) is 0 Å². The minimum absolute atomic E-state index is 0.209. The summed E-state index contributed by atoms with van der Waals surface area (Å²) in [6, 6.07) is 5.20. The van der Waals surface area contributed by atoms with E-state index in [1.54, 1.807) is 18.2 Å². The summed E-state index contributed by atoms with van der Waals surface area (Å²) in [5.74, 6) is -0.411. The first-order valence-electron chi connectivity index (χ1n) is 5.59. The lowest BCUT2D eigenvalue weighted by atomic mass is 10.0. The topological polar surface area (TPSA) is 27.0 Å². The zero-order valence-electron chi connectivity index (χ0n) is 10.8. The molecule has 0 N–H and O–H groups in total. The monoisotopic (exact) mass is 310 g/mol. The van der Waals surface area contributed by atoms with Crippen molar-refractivity contribution >= 4 is 21.6 Å². The Morgan fingerprint density at radius 3 is 2.56 bits per heavy atom. The summed E-state index contributed by atoms with van der Waals surface area (Å²) in [4.78, 5) is 1.90. The minimum atomic E-state index is -0.411. The van der Waals surface area contributed by atoms with E-state index >= 15 is 0 Å². The van der Waals surface area contributed by atoms with Gasteiger partial charge in [0.15, 0.2) is 5.82 Å². The molecule has 0 aliphatic heterocycles. The molecule has 0 aliphatic rings. The van der Waals surface area contributed by atoms with Gasteiger partial charge < -0.3 is 4.90 Å². The molecule has 0 saturated carbocycles. The summed E-state index contributed by atoms with van der Waals surface area (Å²) in [6.07, 6.45) is 1.73. The van der Waals surface area contributed by atoms with Crippen LogP contribution in [0.25, 0.3) is 0 Å². The first kappa shape index (κ1) is 14.7. The summed E-state index contributed by atoms with van der Waals surface area (Å²) in [6.45, 7) is 10.2. The van der Waals surface area contributed by atoms with E-state index in [0.29, 0.717) is 17.8 Å². The van der Waals surface area contributed by atoms with Crippen molar-refractivity contribution < 1.29 is 4.39 Å². The molecule has 0 unspecified atom stereocenters. The summed E-state index contributed by atoms with van der Waals surface area (Å²) in [5.41, 5.74) is 0.528. The fraction of sp³-hybridized carbons (Fsp3) is 0.357. The van der Waals surface area contributed by atoms with Crippen molar-refractivity contribution in [1.82, 2.24) is 0 Å². The maximum Gasteiger partial charge on any atom is 0.162 e. The van der Waals surface area contributed by atoms with Crippen LogP contribution in [0.5, 0.6) is 0 Å². The van der Waals surface area contributed by atoms with Gasteiger partial charge in [0.05, 0.1) is 15.7 Å². The second-order valence-corrected chi connectivity index (χ2v) is 5.74. The quantitative estimate of drug-likeness (QED) is 0.780. The normalized spacial score (nSPS) is 10.9. The number of anilines is 1. The molecular formula is C14H16BrFN2. The van der Waals surface area contributed by atoms with Crippen LogP contribution in [-0.4, -0.2) is 12.1 Å². The summed E-state index contributed by atoms with van der Waals surface area (Å²) >= 11 is 3.13. The number of nitrogens with zero attached hydrogens (tertiary/aromatic N) is 2. The molecule has 0 saturated heterocycles. The zero-order valence-corrected chi connectivity index (χ0v) is 12.4. The van der Waals surface area contributed by atoms with Gasteiger partial charge in [-0.15, -0.1) is 6.58 Å². The maximum atomic E-state index is 14.3. The Kier molecular flexibility index (Phi) is 4.53. The lowest BCUT2D eigenvalue weighted by Gasteiger charge is -2.37. The second-order valence-electron chi connectivity index (χ2n) is 4.94. The Bertz CT molecular complexity index is 498. The lowest BCUT2D eigenvalue weighted by molar-refractivity contribution is 0.506. The lowest BCUT2D eigenvalue weighted by Crippen LogP contribution is -2.42. The average molecular weight is 311 g/mol. The van der Waals surface area contributed by atoms with E-state index < -0.39 is 5.82 Å². The predicted octanol–water partition coefficient (Wildman–Crippen LogP) is 4.25. The number of rotatable bonds is 3. The molecule has 1 rings (SSSR count). The fourth-order valence-electron chi connectivity index (χ4n) is 1.70. The van der Waals surface area contributed by atoms with Crippen molar-refractivity contribution in [2.45, 2.75) is 26.3 Å². The van der Waals surface area contributed by atoms with Crippen LogP contribution in [0.15, 0.2) is 29.3 Å². The van der Waals surface area contributed by atoms with Crippen LogP contribution in [-0.2, 0) is 0 Å². The Labute approximate surface area is 116 Å². The molecular weight excluding hydrogens is 295 g/mol. The first-order valence-corrected chi connectivity index (χ1v) is 6.39. The standard InChI is InChI=1S/C14H16BrFN2/c1-5-8-18(14(2,3)4)11-7-6-10(9-17)12(15)13(11)16/h5-7H,1,8H2,2-4H3. The van der Waals surface area contributed by atoms with Crippen molar-refractivity contribution in [3.8, 4) is 6.07 Å². The van der Waals surface area contributed by atoms with Gasteiger partial charge >= 0.3 is 0 Å². The van der Waals surface area contributed by atoms with Crippen LogP contribution in [0.2, 0.25) is 0 Å². The summed E-state index contributed by atoms with van der Waals surface area (Å²) < 4.78 is 14.5. The highest BCUT2D eigenvalue weighted by molar-refractivity contribution is 9.10. The molecule has 0 atom stereocenters. The Morgan fingerprint density at radius 2 is 2.11 bits per heavy atom. The molecule has 0 fully saturated rings. The smallest absolute Gasteiger partial charge is 0.162 e. The van der Waals surface area contributed by atoms with Crippen LogP contribution in [0.3, 0.4) is 0 Å². The molecule has 96 valence electrons. The summed E-state index contributed by atoms with van der Waals surface area (Å²) in [7, 11) is 0. The molecule has 1 aromatic rings. The van der Waals surface area contributed by atoms with Gasteiger partial charge in [0.2, 0.25) is 0 Å². The predicted molar refractivity (Wildman–Crippen MR) is 76.1 cm³/mol. The van der Waals surface area contributed by atoms with E-state index in [0.717, 1.165) is 0 Å². The van der Waals surface area contributed by atoms with Crippen molar-refractivity contribution in [2.75, 3.05) is 11.4 Å². The first-order chi connectivity index (χ1) is 8.32. The Hall–Kier alpha value is -1.34. The van der Waals surface area contributed by atoms with Gasteiger partial charge in [0.1, 0.15) is 6.07 Å². The van der Waals surface area contributed by atoms with Crippen LogP contribution in [0.4, 0.5) is 10.1 Å². The molecule has 0 aromatic heterocycles. The van der Waals surface area contributed by atoms with Crippen molar-refractivity contribution in [3.63, 3.8) is 0 Å². The maximum absolute atomic E-state index is 14.3. The third-order valence-corrected chi connectivity index (χ3v) is 3.37. The van der Waals surface area contributed by atoms with Crippen LogP contribution in [0, 0.1) is 17.1 Å². The number of hydrogen-bond acceptors (Lipinski definition) is 2. The van der Waals surface area contributed by atoms with Gasteiger partial charge in [-0.05, 0) is 48.8 Å².